The summed E-state index contributed by atoms with van der Waals surface area (Å²) < 4.78 is 1.81. The summed E-state index contributed by atoms with van der Waals surface area (Å²) in [5.41, 5.74) is 3.57. The van der Waals surface area contributed by atoms with Crippen LogP contribution in [-0.2, 0) is 7.05 Å². The summed E-state index contributed by atoms with van der Waals surface area (Å²) in [7, 11) is 1.85. The first-order valence-electron chi connectivity index (χ1n) is 10.3. The molecule has 10 nitrogen and oxygen atoms in total. The number of imidazole rings is 1. The Morgan fingerprint density at radius 1 is 1.12 bits per heavy atom. The van der Waals surface area contributed by atoms with Crippen molar-refractivity contribution in [2.45, 2.75) is 6.42 Å². The van der Waals surface area contributed by atoms with E-state index in [0.29, 0.717) is 58.3 Å². The first kappa shape index (κ1) is 21.7. The zero-order chi connectivity index (χ0) is 23.2. The van der Waals surface area contributed by atoms with Gasteiger partial charge in [0.15, 0.2) is 17.3 Å². The van der Waals surface area contributed by atoms with E-state index in [1.54, 1.807) is 48.8 Å². The zero-order valence-electron chi connectivity index (χ0n) is 17.9. The fourth-order valence-electron chi connectivity index (χ4n) is 3.24. The summed E-state index contributed by atoms with van der Waals surface area (Å²) >= 11 is 0. The summed E-state index contributed by atoms with van der Waals surface area (Å²) in [5.74, 6) is 1.06. The van der Waals surface area contributed by atoms with Crippen molar-refractivity contribution in [3.63, 3.8) is 0 Å². The third-order valence-corrected chi connectivity index (χ3v) is 4.82. The second-order valence-electron chi connectivity index (χ2n) is 7.28. The van der Waals surface area contributed by atoms with E-state index in [2.05, 4.69) is 30.9 Å². The van der Waals surface area contributed by atoms with Gasteiger partial charge in [-0.05, 0) is 36.8 Å². The van der Waals surface area contributed by atoms with E-state index in [1.807, 2.05) is 23.8 Å². The molecule has 4 rings (SSSR count). The van der Waals surface area contributed by atoms with Crippen molar-refractivity contribution in [3.8, 4) is 17.5 Å². The molecular formula is C23H22N8O2. The normalized spacial score (nSPS) is 10.6. The molecule has 2 aromatic heterocycles. The number of aliphatic hydroxyl groups is 1. The molecule has 10 heteroatoms. The third-order valence-electron chi connectivity index (χ3n) is 4.82. The second-order valence-corrected chi connectivity index (χ2v) is 7.28. The van der Waals surface area contributed by atoms with Gasteiger partial charge in [-0.3, -0.25) is 0 Å². The molecule has 0 atom stereocenters. The highest BCUT2D eigenvalue weighted by Crippen LogP contribution is 2.25. The molecule has 0 aliphatic carbocycles. The number of carbonyl (C=O) groups is 1. The molecule has 0 saturated heterocycles. The lowest BCUT2D eigenvalue weighted by molar-refractivity contribution is 0.262. The number of nitrogens with one attached hydrogen (secondary N) is 3. The van der Waals surface area contributed by atoms with Crippen molar-refractivity contribution in [3.05, 3.63) is 60.4 Å². The molecule has 4 aromatic rings. The number of carbonyl (C=O) groups excluding carboxylic acids is 1. The molecule has 2 aromatic carbocycles. The van der Waals surface area contributed by atoms with Gasteiger partial charge in [0.05, 0.1) is 18.0 Å². The van der Waals surface area contributed by atoms with Crippen LogP contribution in [0.25, 0.3) is 22.6 Å². The number of nitriles is 1. The summed E-state index contributed by atoms with van der Waals surface area (Å²) in [5, 5.41) is 26.8. The number of urea groups is 1. The molecule has 0 unspecified atom stereocenters. The van der Waals surface area contributed by atoms with Crippen LogP contribution in [0.15, 0.2) is 54.9 Å². The van der Waals surface area contributed by atoms with E-state index in [4.69, 9.17) is 10.4 Å². The van der Waals surface area contributed by atoms with Gasteiger partial charge in [-0.15, -0.1) is 0 Å². The Hall–Kier alpha value is -4.49. The molecule has 0 spiro atoms. The van der Waals surface area contributed by atoms with Gasteiger partial charge in [0, 0.05) is 37.1 Å². The van der Waals surface area contributed by atoms with Crippen molar-refractivity contribution >= 4 is 34.4 Å². The summed E-state index contributed by atoms with van der Waals surface area (Å²) in [6.07, 6.45) is 2.25. The van der Waals surface area contributed by atoms with Crippen molar-refractivity contribution in [2.75, 3.05) is 29.1 Å². The summed E-state index contributed by atoms with van der Waals surface area (Å²) in [4.78, 5) is 26.1. The lowest BCUT2D eigenvalue weighted by atomic mass is 10.2. The minimum atomic E-state index is -0.434. The van der Waals surface area contributed by atoms with Crippen molar-refractivity contribution in [2.24, 2.45) is 7.05 Å². The van der Waals surface area contributed by atoms with Crippen LogP contribution in [0.3, 0.4) is 0 Å². The van der Waals surface area contributed by atoms with E-state index in [0.717, 1.165) is 0 Å². The van der Waals surface area contributed by atoms with Crippen molar-refractivity contribution in [1.82, 2.24) is 19.5 Å². The van der Waals surface area contributed by atoms with Crippen LogP contribution >= 0.6 is 0 Å². The molecular weight excluding hydrogens is 420 g/mol. The number of fused-ring (bicyclic) bond motifs is 1. The first-order valence-corrected chi connectivity index (χ1v) is 10.3. The average molecular weight is 442 g/mol. The van der Waals surface area contributed by atoms with Gasteiger partial charge < -0.3 is 25.6 Å². The van der Waals surface area contributed by atoms with E-state index in [-0.39, 0.29) is 6.61 Å². The van der Waals surface area contributed by atoms with E-state index in [9.17, 15) is 4.79 Å². The SMILES string of the molecule is Cn1cnc2c(NCCCO)nc(-c3cccc(NC(=O)Nc4cccc(C#N)c4)c3)nc21. The number of nitrogens with zero attached hydrogens (tertiary/aromatic N) is 5. The predicted molar refractivity (Wildman–Crippen MR) is 126 cm³/mol. The van der Waals surface area contributed by atoms with Crippen LogP contribution in [0, 0.1) is 11.3 Å². The van der Waals surface area contributed by atoms with Gasteiger partial charge in [-0.2, -0.15) is 5.26 Å². The molecule has 0 radical (unpaired) electrons. The van der Waals surface area contributed by atoms with Gasteiger partial charge in [-0.1, -0.05) is 18.2 Å². The number of hydrogen-bond donors (Lipinski definition) is 4. The fraction of sp³-hybridized carbons (Fsp3) is 0.174. The topological polar surface area (TPSA) is 141 Å². The molecule has 0 aliphatic heterocycles. The zero-order valence-corrected chi connectivity index (χ0v) is 17.9. The third kappa shape index (κ3) is 5.06. The Labute approximate surface area is 189 Å². The predicted octanol–water partition coefficient (Wildman–Crippen LogP) is 3.34. The van der Waals surface area contributed by atoms with Gasteiger partial charge in [0.1, 0.15) is 5.52 Å². The quantitative estimate of drug-likeness (QED) is 0.322. The minimum Gasteiger partial charge on any atom is -0.396 e. The van der Waals surface area contributed by atoms with Crippen LogP contribution < -0.4 is 16.0 Å². The maximum Gasteiger partial charge on any atom is 0.323 e. The van der Waals surface area contributed by atoms with Crippen molar-refractivity contribution in [1.29, 1.82) is 5.26 Å². The molecule has 0 bridgehead atoms. The van der Waals surface area contributed by atoms with E-state index in [1.165, 1.54) is 0 Å². The van der Waals surface area contributed by atoms with Gasteiger partial charge in [-0.25, -0.2) is 19.7 Å². The van der Waals surface area contributed by atoms with Gasteiger partial charge in [0.25, 0.3) is 0 Å². The number of benzene rings is 2. The number of aliphatic hydroxyl groups excluding tert-OH is 1. The number of aromatic nitrogens is 4. The van der Waals surface area contributed by atoms with Crippen LogP contribution in [0.2, 0.25) is 0 Å². The maximum atomic E-state index is 12.4. The largest absolute Gasteiger partial charge is 0.396 e. The molecule has 0 aliphatic rings. The molecule has 0 saturated carbocycles. The highest BCUT2D eigenvalue weighted by Gasteiger charge is 2.14. The van der Waals surface area contributed by atoms with Gasteiger partial charge >= 0.3 is 6.03 Å². The Kier molecular flexibility index (Phi) is 6.43. The summed E-state index contributed by atoms with van der Waals surface area (Å²) in [6.45, 7) is 0.625. The molecule has 2 amide bonds. The highest BCUT2D eigenvalue weighted by molar-refractivity contribution is 6.00. The number of anilines is 3. The number of rotatable bonds is 7. The van der Waals surface area contributed by atoms with Crippen molar-refractivity contribution < 1.29 is 9.90 Å². The first-order chi connectivity index (χ1) is 16.1. The Balaban J connectivity index is 1.57. The van der Waals surface area contributed by atoms with E-state index < -0.39 is 6.03 Å². The van der Waals surface area contributed by atoms with E-state index >= 15 is 0 Å². The monoisotopic (exact) mass is 442 g/mol. The number of amides is 2. The Bertz CT molecular complexity index is 1340. The highest BCUT2D eigenvalue weighted by atomic mass is 16.3. The van der Waals surface area contributed by atoms with Crippen LogP contribution in [-0.4, -0.2) is 43.8 Å². The second kappa shape index (κ2) is 9.76. The summed E-state index contributed by atoms with van der Waals surface area (Å²) in [6, 6.07) is 15.5. The van der Waals surface area contributed by atoms with Gasteiger partial charge in [0.2, 0.25) is 0 Å². The van der Waals surface area contributed by atoms with Crippen LogP contribution in [0.4, 0.5) is 22.0 Å². The standard InChI is InChI=1S/C23H22N8O2/c1-31-14-26-19-21(25-9-4-10-32)29-20(30-22(19)31)16-6-3-8-18(12-16)28-23(33)27-17-7-2-5-15(11-17)13-24/h2-3,5-8,11-12,14,32H,4,9-10H2,1H3,(H,25,29,30)(H2,27,28,33). The average Bonchev–Trinajstić information content (AvgIpc) is 3.20. The molecule has 166 valence electrons. The van der Waals surface area contributed by atoms with Crippen LogP contribution in [0.1, 0.15) is 12.0 Å². The number of hydrogen-bond acceptors (Lipinski definition) is 7. The fourth-order valence-corrected chi connectivity index (χ4v) is 3.24. The molecule has 2 heterocycles. The minimum absolute atomic E-state index is 0.0763. The Morgan fingerprint density at radius 3 is 2.64 bits per heavy atom. The molecule has 4 N–H and O–H groups in total. The maximum absolute atomic E-state index is 12.4. The number of aryl methyl sites for hydroxylation is 1. The molecule has 0 fully saturated rings. The Morgan fingerprint density at radius 2 is 1.88 bits per heavy atom. The smallest absolute Gasteiger partial charge is 0.323 e. The lowest BCUT2D eigenvalue weighted by Gasteiger charge is -2.11. The van der Waals surface area contributed by atoms with Crippen LogP contribution in [0.5, 0.6) is 0 Å². The molecule has 33 heavy (non-hydrogen) atoms. The lowest BCUT2D eigenvalue weighted by Crippen LogP contribution is -2.19.